The number of nitrogens with two attached hydrogens (primary N) is 1. The number of thiazole rings is 1. The van der Waals surface area contributed by atoms with Crippen LogP contribution in [0.15, 0.2) is 46.9 Å². The summed E-state index contributed by atoms with van der Waals surface area (Å²) in [6.07, 6.45) is 0.774. The number of para-hydroxylation sites is 1. The molecule has 0 radical (unpaired) electrons. The fourth-order valence-electron chi connectivity index (χ4n) is 2.33. The second-order valence-corrected chi connectivity index (χ2v) is 6.81. The van der Waals surface area contributed by atoms with E-state index in [1.54, 1.807) is 11.3 Å². The summed E-state index contributed by atoms with van der Waals surface area (Å²) in [6, 6.07) is 14.4. The van der Waals surface area contributed by atoms with Gasteiger partial charge in [-0.05, 0) is 36.2 Å². The van der Waals surface area contributed by atoms with Gasteiger partial charge in [0.25, 0.3) is 0 Å². The Balaban J connectivity index is 1.88. The van der Waals surface area contributed by atoms with Gasteiger partial charge in [0.1, 0.15) is 0 Å². The SMILES string of the molecule is Cc1c(Br)cccc1C(N)Cc1nc2ccccc2s1. The lowest BCUT2D eigenvalue weighted by atomic mass is 10.00. The highest BCUT2D eigenvalue weighted by atomic mass is 79.9. The Morgan fingerprint density at radius 3 is 2.80 bits per heavy atom. The number of benzene rings is 2. The fourth-order valence-corrected chi connectivity index (χ4v) is 3.74. The number of hydrogen-bond acceptors (Lipinski definition) is 3. The van der Waals surface area contributed by atoms with Crippen molar-refractivity contribution in [3.63, 3.8) is 0 Å². The van der Waals surface area contributed by atoms with Crippen LogP contribution in [-0.4, -0.2) is 4.98 Å². The molecule has 0 aliphatic heterocycles. The maximum Gasteiger partial charge on any atom is 0.0957 e. The van der Waals surface area contributed by atoms with E-state index in [0.717, 1.165) is 21.4 Å². The molecule has 2 nitrogen and oxygen atoms in total. The van der Waals surface area contributed by atoms with Gasteiger partial charge in [0.05, 0.1) is 15.2 Å². The van der Waals surface area contributed by atoms with Crippen LogP contribution in [0.25, 0.3) is 10.2 Å². The van der Waals surface area contributed by atoms with Crippen LogP contribution in [0.2, 0.25) is 0 Å². The Kier molecular flexibility index (Phi) is 3.87. The third-order valence-corrected chi connectivity index (χ3v) is 5.36. The van der Waals surface area contributed by atoms with Gasteiger partial charge >= 0.3 is 0 Å². The van der Waals surface area contributed by atoms with E-state index in [2.05, 4.69) is 40.0 Å². The van der Waals surface area contributed by atoms with Crippen LogP contribution in [0.1, 0.15) is 22.2 Å². The molecule has 0 amide bonds. The second kappa shape index (κ2) is 5.64. The minimum atomic E-state index is -0.0203. The molecule has 1 heterocycles. The predicted octanol–water partition coefficient (Wildman–Crippen LogP) is 4.61. The van der Waals surface area contributed by atoms with Gasteiger partial charge in [0.2, 0.25) is 0 Å². The van der Waals surface area contributed by atoms with Crippen LogP contribution in [0.5, 0.6) is 0 Å². The molecule has 1 unspecified atom stereocenters. The second-order valence-electron chi connectivity index (χ2n) is 4.84. The Labute approximate surface area is 130 Å². The van der Waals surface area contributed by atoms with E-state index in [1.165, 1.54) is 15.8 Å². The van der Waals surface area contributed by atoms with E-state index < -0.39 is 0 Å². The lowest BCUT2D eigenvalue weighted by molar-refractivity contribution is 0.713. The average molecular weight is 347 g/mol. The molecule has 0 aliphatic carbocycles. The molecule has 2 N–H and O–H groups in total. The molecule has 2 aromatic carbocycles. The molecule has 4 heteroatoms. The number of aromatic nitrogens is 1. The maximum absolute atomic E-state index is 6.36. The standard InChI is InChI=1S/C16H15BrN2S/c1-10-11(5-4-6-12(10)17)13(18)9-16-19-14-7-2-3-8-15(14)20-16/h2-8,13H,9,18H2,1H3. The highest BCUT2D eigenvalue weighted by Gasteiger charge is 2.13. The van der Waals surface area contributed by atoms with Crippen molar-refractivity contribution < 1.29 is 0 Å². The summed E-state index contributed by atoms with van der Waals surface area (Å²) in [5, 5.41) is 1.10. The van der Waals surface area contributed by atoms with Crippen LogP contribution in [0.3, 0.4) is 0 Å². The highest BCUT2D eigenvalue weighted by Crippen LogP contribution is 2.28. The monoisotopic (exact) mass is 346 g/mol. The van der Waals surface area contributed by atoms with E-state index in [9.17, 15) is 0 Å². The van der Waals surface area contributed by atoms with Gasteiger partial charge in [-0.15, -0.1) is 11.3 Å². The maximum atomic E-state index is 6.36. The Morgan fingerprint density at radius 1 is 1.20 bits per heavy atom. The highest BCUT2D eigenvalue weighted by molar-refractivity contribution is 9.10. The van der Waals surface area contributed by atoms with E-state index in [0.29, 0.717) is 0 Å². The summed E-state index contributed by atoms with van der Waals surface area (Å²) in [6.45, 7) is 2.09. The number of fused-ring (bicyclic) bond motifs is 1. The minimum absolute atomic E-state index is 0.0203. The van der Waals surface area contributed by atoms with Crippen molar-refractivity contribution in [2.75, 3.05) is 0 Å². The van der Waals surface area contributed by atoms with E-state index >= 15 is 0 Å². The predicted molar refractivity (Wildman–Crippen MR) is 89.1 cm³/mol. The van der Waals surface area contributed by atoms with E-state index in [1.807, 2.05) is 30.3 Å². The van der Waals surface area contributed by atoms with Crippen molar-refractivity contribution in [1.29, 1.82) is 0 Å². The molecule has 3 rings (SSSR count). The summed E-state index contributed by atoms with van der Waals surface area (Å²) in [5.74, 6) is 0. The third-order valence-electron chi connectivity index (χ3n) is 3.44. The van der Waals surface area contributed by atoms with Crippen molar-refractivity contribution in [1.82, 2.24) is 4.98 Å². The molecule has 0 saturated heterocycles. The van der Waals surface area contributed by atoms with Gasteiger partial charge in [0.15, 0.2) is 0 Å². The van der Waals surface area contributed by atoms with E-state index in [-0.39, 0.29) is 6.04 Å². The number of hydrogen-bond donors (Lipinski definition) is 1. The molecule has 1 atom stereocenters. The van der Waals surface area contributed by atoms with Crippen molar-refractivity contribution in [3.05, 3.63) is 63.1 Å². The van der Waals surface area contributed by atoms with Crippen LogP contribution in [0.4, 0.5) is 0 Å². The lowest BCUT2D eigenvalue weighted by Gasteiger charge is -2.14. The van der Waals surface area contributed by atoms with Gasteiger partial charge in [0, 0.05) is 16.9 Å². The third kappa shape index (κ3) is 2.64. The van der Waals surface area contributed by atoms with Crippen LogP contribution < -0.4 is 5.73 Å². The zero-order valence-electron chi connectivity index (χ0n) is 11.1. The number of nitrogens with zero attached hydrogens (tertiary/aromatic N) is 1. The van der Waals surface area contributed by atoms with Gasteiger partial charge < -0.3 is 5.73 Å². The van der Waals surface area contributed by atoms with Gasteiger partial charge in [-0.1, -0.05) is 40.2 Å². The van der Waals surface area contributed by atoms with Crippen molar-refractivity contribution in [2.24, 2.45) is 5.73 Å². The number of halogens is 1. The first-order valence-electron chi connectivity index (χ1n) is 6.50. The van der Waals surface area contributed by atoms with E-state index in [4.69, 9.17) is 5.73 Å². The molecule has 0 aliphatic rings. The summed E-state index contributed by atoms with van der Waals surface area (Å²) in [5.41, 5.74) is 9.81. The lowest BCUT2D eigenvalue weighted by Crippen LogP contribution is -2.14. The molecule has 0 spiro atoms. The quantitative estimate of drug-likeness (QED) is 0.751. The van der Waals surface area contributed by atoms with Gasteiger partial charge in [-0.25, -0.2) is 4.98 Å². The molecule has 0 bridgehead atoms. The molecular formula is C16H15BrN2S. The van der Waals surface area contributed by atoms with Crippen LogP contribution in [0, 0.1) is 6.92 Å². The summed E-state index contributed by atoms with van der Waals surface area (Å²) in [7, 11) is 0. The number of rotatable bonds is 3. The molecule has 3 aromatic rings. The zero-order chi connectivity index (χ0) is 14.1. The zero-order valence-corrected chi connectivity index (χ0v) is 13.5. The first-order valence-corrected chi connectivity index (χ1v) is 8.11. The first-order chi connectivity index (χ1) is 9.65. The minimum Gasteiger partial charge on any atom is -0.324 e. The largest absolute Gasteiger partial charge is 0.324 e. The Morgan fingerprint density at radius 2 is 2.00 bits per heavy atom. The molecular weight excluding hydrogens is 332 g/mol. The summed E-state index contributed by atoms with van der Waals surface area (Å²) >= 11 is 5.29. The van der Waals surface area contributed by atoms with Crippen molar-refractivity contribution in [3.8, 4) is 0 Å². The fraction of sp³-hybridized carbons (Fsp3) is 0.188. The Bertz CT molecular complexity index is 718. The molecule has 0 saturated carbocycles. The molecule has 1 aromatic heterocycles. The normalized spacial score (nSPS) is 12.8. The molecule has 20 heavy (non-hydrogen) atoms. The summed E-state index contributed by atoms with van der Waals surface area (Å²) < 4.78 is 2.33. The topological polar surface area (TPSA) is 38.9 Å². The van der Waals surface area contributed by atoms with Gasteiger partial charge in [-0.3, -0.25) is 0 Å². The van der Waals surface area contributed by atoms with Crippen molar-refractivity contribution >= 4 is 37.5 Å². The van der Waals surface area contributed by atoms with Crippen LogP contribution >= 0.6 is 27.3 Å². The molecule has 102 valence electrons. The van der Waals surface area contributed by atoms with Crippen molar-refractivity contribution in [2.45, 2.75) is 19.4 Å². The molecule has 0 fully saturated rings. The summed E-state index contributed by atoms with van der Waals surface area (Å²) in [4.78, 5) is 4.66. The smallest absolute Gasteiger partial charge is 0.0957 e. The Hall–Kier alpha value is -1.23. The van der Waals surface area contributed by atoms with Crippen LogP contribution in [-0.2, 0) is 6.42 Å². The first kappa shape index (κ1) is 13.7. The average Bonchev–Trinajstić information content (AvgIpc) is 2.83. The van der Waals surface area contributed by atoms with Gasteiger partial charge in [-0.2, -0.15) is 0 Å².